The van der Waals surface area contributed by atoms with Gasteiger partial charge in [-0.2, -0.15) is 13.2 Å². The zero-order chi connectivity index (χ0) is 14.3. The van der Waals surface area contributed by atoms with Crippen molar-refractivity contribution in [3.8, 4) is 0 Å². The molecule has 1 rings (SSSR count). The number of amides is 1. The Hall–Kier alpha value is -0.820. The minimum atomic E-state index is -4.36. The molecule has 0 saturated heterocycles. The summed E-state index contributed by atoms with van der Waals surface area (Å²) in [6.45, 7) is -1.56. The molecule has 2 atom stereocenters. The fraction of sp³-hybridized carbons (Fsp3) is 0.917. The van der Waals surface area contributed by atoms with Crippen LogP contribution in [-0.4, -0.2) is 43.1 Å². The molecule has 0 aromatic rings. The highest BCUT2D eigenvalue weighted by atomic mass is 19.4. The van der Waals surface area contributed by atoms with Crippen LogP contribution < -0.4 is 5.32 Å². The van der Waals surface area contributed by atoms with E-state index in [9.17, 15) is 23.1 Å². The fourth-order valence-corrected chi connectivity index (χ4v) is 2.25. The zero-order valence-electron chi connectivity index (χ0n) is 10.7. The van der Waals surface area contributed by atoms with Gasteiger partial charge >= 0.3 is 6.18 Å². The summed E-state index contributed by atoms with van der Waals surface area (Å²) >= 11 is 0. The van der Waals surface area contributed by atoms with Gasteiger partial charge in [-0.05, 0) is 12.8 Å². The third-order valence-corrected chi connectivity index (χ3v) is 3.23. The van der Waals surface area contributed by atoms with Crippen LogP contribution in [0.25, 0.3) is 0 Å². The third-order valence-electron chi connectivity index (χ3n) is 3.23. The molecule has 7 heteroatoms. The molecule has 0 spiro atoms. The van der Waals surface area contributed by atoms with Gasteiger partial charge in [0.25, 0.3) is 0 Å². The molecule has 19 heavy (non-hydrogen) atoms. The number of ether oxygens (including phenoxy) is 1. The average molecular weight is 283 g/mol. The molecule has 1 amide bonds. The highest BCUT2D eigenvalue weighted by Gasteiger charge is 2.28. The molecule has 2 N–H and O–H groups in total. The van der Waals surface area contributed by atoms with Crippen LogP contribution in [-0.2, 0) is 9.53 Å². The summed E-state index contributed by atoms with van der Waals surface area (Å²) in [5.74, 6) is -0.277. The van der Waals surface area contributed by atoms with Gasteiger partial charge in [0.1, 0.15) is 6.61 Å². The van der Waals surface area contributed by atoms with Crippen molar-refractivity contribution in [1.82, 2.24) is 5.32 Å². The largest absolute Gasteiger partial charge is 0.411 e. The van der Waals surface area contributed by atoms with Crippen molar-refractivity contribution < 1.29 is 27.8 Å². The highest BCUT2D eigenvalue weighted by molar-refractivity contribution is 5.76. The van der Waals surface area contributed by atoms with E-state index in [-0.39, 0.29) is 37.5 Å². The first-order valence-electron chi connectivity index (χ1n) is 6.47. The molecule has 0 radical (unpaired) electrons. The molecule has 1 aliphatic rings. The lowest BCUT2D eigenvalue weighted by atomic mass is 9.85. The van der Waals surface area contributed by atoms with Gasteiger partial charge in [-0.3, -0.25) is 4.79 Å². The van der Waals surface area contributed by atoms with Crippen LogP contribution in [0.1, 0.15) is 32.1 Å². The number of carbonyl (C=O) groups excluding carboxylic acids is 1. The Kier molecular flexibility index (Phi) is 6.57. The summed E-state index contributed by atoms with van der Waals surface area (Å²) in [7, 11) is 0. The van der Waals surface area contributed by atoms with Crippen molar-refractivity contribution in [2.45, 2.75) is 44.3 Å². The predicted molar refractivity (Wildman–Crippen MR) is 62.5 cm³/mol. The van der Waals surface area contributed by atoms with E-state index >= 15 is 0 Å². The van der Waals surface area contributed by atoms with Crippen molar-refractivity contribution in [3.63, 3.8) is 0 Å². The average Bonchev–Trinajstić information content (AvgIpc) is 2.34. The van der Waals surface area contributed by atoms with Gasteiger partial charge in [0, 0.05) is 25.0 Å². The Bertz CT molecular complexity index is 284. The number of rotatable bonds is 6. The number of alkyl halides is 3. The summed E-state index contributed by atoms with van der Waals surface area (Å²) in [4.78, 5) is 11.5. The van der Waals surface area contributed by atoms with Crippen LogP contribution >= 0.6 is 0 Å². The second-order valence-electron chi connectivity index (χ2n) is 4.82. The molecule has 0 aliphatic heterocycles. The van der Waals surface area contributed by atoms with E-state index in [0.29, 0.717) is 0 Å². The summed E-state index contributed by atoms with van der Waals surface area (Å²) < 4.78 is 39.8. The minimum absolute atomic E-state index is 0.0233. The van der Waals surface area contributed by atoms with Gasteiger partial charge in [0.15, 0.2) is 0 Å². The van der Waals surface area contributed by atoms with Gasteiger partial charge in [0.05, 0.1) is 6.61 Å². The smallest absolute Gasteiger partial charge is 0.396 e. The van der Waals surface area contributed by atoms with E-state index in [4.69, 9.17) is 0 Å². The van der Waals surface area contributed by atoms with Crippen molar-refractivity contribution in [1.29, 1.82) is 0 Å². The molecule has 0 aromatic heterocycles. The SMILES string of the molecule is O=C(CCOCC(F)(F)F)NC1CCCCC1CO. The van der Waals surface area contributed by atoms with Gasteiger partial charge in [0.2, 0.25) is 5.91 Å². The van der Waals surface area contributed by atoms with Crippen molar-refractivity contribution in [3.05, 3.63) is 0 Å². The molecular weight excluding hydrogens is 263 g/mol. The molecule has 1 fully saturated rings. The number of nitrogens with one attached hydrogen (secondary N) is 1. The molecule has 112 valence electrons. The molecule has 2 unspecified atom stereocenters. The molecule has 0 bridgehead atoms. The maximum atomic E-state index is 11.8. The van der Waals surface area contributed by atoms with E-state index in [1.807, 2.05) is 0 Å². The van der Waals surface area contributed by atoms with Gasteiger partial charge in [-0.25, -0.2) is 0 Å². The fourth-order valence-electron chi connectivity index (χ4n) is 2.25. The van der Waals surface area contributed by atoms with E-state index in [1.165, 1.54) is 0 Å². The first-order chi connectivity index (χ1) is 8.92. The number of halogens is 3. The monoisotopic (exact) mass is 283 g/mol. The maximum Gasteiger partial charge on any atom is 0.411 e. The van der Waals surface area contributed by atoms with Crippen LogP contribution in [0.3, 0.4) is 0 Å². The lowest BCUT2D eigenvalue weighted by molar-refractivity contribution is -0.174. The van der Waals surface area contributed by atoms with E-state index in [2.05, 4.69) is 10.1 Å². The summed E-state index contributed by atoms with van der Waals surface area (Å²) in [6, 6.07) is -0.0751. The zero-order valence-corrected chi connectivity index (χ0v) is 10.7. The van der Waals surface area contributed by atoms with Crippen LogP contribution in [0.15, 0.2) is 0 Å². The highest BCUT2D eigenvalue weighted by Crippen LogP contribution is 2.24. The molecule has 4 nitrogen and oxygen atoms in total. The third kappa shape index (κ3) is 6.77. The van der Waals surface area contributed by atoms with Gasteiger partial charge in [-0.15, -0.1) is 0 Å². The number of aliphatic hydroxyl groups is 1. The van der Waals surface area contributed by atoms with Crippen molar-refractivity contribution in [2.24, 2.45) is 5.92 Å². The Morgan fingerprint density at radius 1 is 1.32 bits per heavy atom. The quantitative estimate of drug-likeness (QED) is 0.728. The topological polar surface area (TPSA) is 58.6 Å². The van der Waals surface area contributed by atoms with Crippen LogP contribution in [0, 0.1) is 5.92 Å². The van der Waals surface area contributed by atoms with Crippen LogP contribution in [0.2, 0.25) is 0 Å². The second-order valence-corrected chi connectivity index (χ2v) is 4.82. The number of hydrogen-bond donors (Lipinski definition) is 2. The van der Waals surface area contributed by atoms with Gasteiger partial charge in [-0.1, -0.05) is 12.8 Å². The van der Waals surface area contributed by atoms with Gasteiger partial charge < -0.3 is 15.2 Å². The Labute approximate surface area is 110 Å². The Morgan fingerprint density at radius 2 is 2.00 bits per heavy atom. The van der Waals surface area contributed by atoms with Crippen molar-refractivity contribution >= 4 is 5.91 Å². The summed E-state index contributed by atoms with van der Waals surface area (Å²) in [6.07, 6.45) is -0.753. The molecule has 0 aromatic carbocycles. The molecule has 0 heterocycles. The molecule has 1 saturated carbocycles. The predicted octanol–water partition coefficient (Wildman–Crippen LogP) is 1.62. The van der Waals surface area contributed by atoms with Crippen LogP contribution in [0.4, 0.5) is 13.2 Å². The first-order valence-corrected chi connectivity index (χ1v) is 6.47. The van der Waals surface area contributed by atoms with E-state index in [1.54, 1.807) is 0 Å². The first kappa shape index (κ1) is 16.2. The molecular formula is C12H20F3NO3. The number of carbonyl (C=O) groups is 1. The Morgan fingerprint density at radius 3 is 2.63 bits per heavy atom. The summed E-state index contributed by atoms with van der Waals surface area (Å²) in [5.41, 5.74) is 0. The number of aliphatic hydroxyl groups excluding tert-OH is 1. The standard InChI is InChI=1S/C12H20F3NO3/c13-12(14,15)8-19-6-5-11(18)16-10-4-2-1-3-9(10)7-17/h9-10,17H,1-8H2,(H,16,18). The van der Waals surface area contributed by atoms with Crippen molar-refractivity contribution in [2.75, 3.05) is 19.8 Å². The Balaban J connectivity index is 2.19. The van der Waals surface area contributed by atoms with Crippen LogP contribution in [0.5, 0.6) is 0 Å². The summed E-state index contributed by atoms with van der Waals surface area (Å²) in [5, 5.41) is 11.9. The number of hydrogen-bond acceptors (Lipinski definition) is 3. The minimum Gasteiger partial charge on any atom is -0.396 e. The normalized spacial score (nSPS) is 24.2. The maximum absolute atomic E-state index is 11.8. The molecule has 1 aliphatic carbocycles. The van der Waals surface area contributed by atoms with E-state index in [0.717, 1.165) is 25.7 Å². The lowest BCUT2D eigenvalue weighted by Gasteiger charge is -2.30. The second kappa shape index (κ2) is 7.69. The lowest BCUT2D eigenvalue weighted by Crippen LogP contribution is -2.43. The van der Waals surface area contributed by atoms with E-state index < -0.39 is 12.8 Å².